The average Bonchev–Trinajstić information content (AvgIpc) is 1.89. The second-order valence-electron chi connectivity index (χ2n) is 2.03. The first-order chi connectivity index (χ1) is 4.41. The number of hydrogen-bond acceptors (Lipinski definition) is 1. The number of rotatable bonds is 5. The van der Waals surface area contributed by atoms with E-state index in [1.165, 1.54) is 19.3 Å². The maximum absolute atomic E-state index is 3.97. The summed E-state index contributed by atoms with van der Waals surface area (Å²) in [6, 6.07) is 0. The minimum absolute atomic E-state index is 0.993. The number of allylic oxidation sites excluding steroid dienone is 2. The summed E-state index contributed by atoms with van der Waals surface area (Å²) in [5.74, 6) is 1.86. The Labute approximate surface area is 63.8 Å². The fourth-order valence-corrected chi connectivity index (χ4v) is 0.719. The number of unbranched alkanes of at least 4 members (excludes halogenated alkanes) is 2. The standard InChI is InChI=1S/C8H15S/c1-2-3-4-5-6-7-8-9/h5-6,8-9H,2-4,7H2,1H3. The molecule has 0 heterocycles. The molecule has 0 aromatic rings. The Morgan fingerprint density at radius 2 is 2.11 bits per heavy atom. The minimum atomic E-state index is 0.993. The predicted octanol–water partition coefficient (Wildman–Crippen LogP) is 3.21. The third kappa shape index (κ3) is 8.09. The molecule has 0 aliphatic heterocycles. The van der Waals surface area contributed by atoms with Crippen molar-refractivity contribution in [3.05, 3.63) is 17.9 Å². The van der Waals surface area contributed by atoms with Crippen LogP contribution >= 0.6 is 12.6 Å². The van der Waals surface area contributed by atoms with E-state index in [1.807, 2.05) is 5.75 Å². The molecule has 53 valence electrons. The molecule has 0 fully saturated rings. The molecular formula is C8H15S. The van der Waals surface area contributed by atoms with Gasteiger partial charge in [0.2, 0.25) is 0 Å². The van der Waals surface area contributed by atoms with Gasteiger partial charge in [0.25, 0.3) is 0 Å². The predicted molar refractivity (Wildman–Crippen MR) is 46.6 cm³/mol. The Morgan fingerprint density at radius 1 is 1.33 bits per heavy atom. The molecule has 0 aromatic carbocycles. The van der Waals surface area contributed by atoms with Gasteiger partial charge in [-0.25, -0.2) is 0 Å². The lowest BCUT2D eigenvalue weighted by Crippen LogP contribution is -1.66. The van der Waals surface area contributed by atoms with Crippen molar-refractivity contribution in [2.24, 2.45) is 0 Å². The quantitative estimate of drug-likeness (QED) is 0.341. The number of hydrogen-bond donors (Lipinski definition) is 1. The molecule has 0 bridgehead atoms. The largest absolute Gasteiger partial charge is 0.174 e. The Bertz CT molecular complexity index is 67.0. The molecule has 0 nitrogen and oxygen atoms in total. The molecule has 0 saturated carbocycles. The molecule has 9 heavy (non-hydrogen) atoms. The van der Waals surface area contributed by atoms with Crippen LogP contribution in [0.15, 0.2) is 12.2 Å². The van der Waals surface area contributed by atoms with Gasteiger partial charge < -0.3 is 0 Å². The van der Waals surface area contributed by atoms with E-state index in [1.54, 1.807) is 0 Å². The smallest absolute Gasteiger partial charge is 0.0171 e. The summed E-state index contributed by atoms with van der Waals surface area (Å²) in [7, 11) is 0. The zero-order chi connectivity index (χ0) is 6.95. The monoisotopic (exact) mass is 143 g/mol. The van der Waals surface area contributed by atoms with E-state index >= 15 is 0 Å². The van der Waals surface area contributed by atoms with Crippen LogP contribution in [-0.4, -0.2) is 0 Å². The van der Waals surface area contributed by atoms with Gasteiger partial charge in [-0.2, -0.15) is 12.6 Å². The molecule has 0 rings (SSSR count). The van der Waals surface area contributed by atoms with Crippen molar-refractivity contribution in [2.75, 3.05) is 0 Å². The van der Waals surface area contributed by atoms with Crippen LogP contribution < -0.4 is 0 Å². The molecule has 0 N–H and O–H groups in total. The summed E-state index contributed by atoms with van der Waals surface area (Å²) in [5, 5.41) is 0. The van der Waals surface area contributed by atoms with Crippen LogP contribution in [0.4, 0.5) is 0 Å². The van der Waals surface area contributed by atoms with Gasteiger partial charge in [0, 0.05) is 5.75 Å². The van der Waals surface area contributed by atoms with Gasteiger partial charge >= 0.3 is 0 Å². The van der Waals surface area contributed by atoms with Gasteiger partial charge in [-0.3, -0.25) is 0 Å². The molecule has 0 unspecified atom stereocenters. The summed E-state index contributed by atoms with van der Waals surface area (Å²) in [6.45, 7) is 2.21. The second-order valence-corrected chi connectivity index (χ2v) is 2.40. The highest BCUT2D eigenvalue weighted by molar-refractivity contribution is 7.82. The Balaban J connectivity index is 2.86. The zero-order valence-corrected chi connectivity index (χ0v) is 6.90. The normalized spacial score (nSPS) is 10.9. The van der Waals surface area contributed by atoms with E-state index < -0.39 is 0 Å². The molecular weight excluding hydrogens is 128 g/mol. The van der Waals surface area contributed by atoms with Crippen molar-refractivity contribution in [1.29, 1.82) is 0 Å². The lowest BCUT2D eigenvalue weighted by molar-refractivity contribution is 0.813. The van der Waals surface area contributed by atoms with Crippen LogP contribution in [0.3, 0.4) is 0 Å². The van der Waals surface area contributed by atoms with Crippen molar-refractivity contribution in [3.63, 3.8) is 0 Å². The lowest BCUT2D eigenvalue weighted by Gasteiger charge is -1.86. The van der Waals surface area contributed by atoms with Crippen LogP contribution in [0.1, 0.15) is 32.6 Å². The topological polar surface area (TPSA) is 0 Å². The molecule has 1 radical (unpaired) electrons. The molecule has 0 aromatic heterocycles. The molecule has 0 spiro atoms. The van der Waals surface area contributed by atoms with Gasteiger partial charge in [-0.05, 0) is 12.8 Å². The van der Waals surface area contributed by atoms with Gasteiger partial charge in [0.15, 0.2) is 0 Å². The third-order valence-electron chi connectivity index (χ3n) is 1.13. The molecule has 0 aliphatic carbocycles. The van der Waals surface area contributed by atoms with E-state index in [2.05, 4.69) is 31.7 Å². The summed E-state index contributed by atoms with van der Waals surface area (Å²) in [6.07, 6.45) is 9.18. The molecule has 0 saturated heterocycles. The molecule has 0 amide bonds. The first-order valence-corrected chi connectivity index (χ1v) is 4.04. The summed E-state index contributed by atoms with van der Waals surface area (Å²) in [5.41, 5.74) is 0. The Kier molecular flexibility index (Phi) is 8.17. The maximum atomic E-state index is 3.97. The average molecular weight is 143 g/mol. The fraction of sp³-hybridized carbons (Fsp3) is 0.625. The highest BCUT2D eigenvalue weighted by Gasteiger charge is 1.76. The van der Waals surface area contributed by atoms with E-state index in [0.29, 0.717) is 0 Å². The van der Waals surface area contributed by atoms with E-state index in [0.717, 1.165) is 6.42 Å². The van der Waals surface area contributed by atoms with Gasteiger partial charge in [-0.1, -0.05) is 31.9 Å². The maximum Gasteiger partial charge on any atom is 0.0171 e. The van der Waals surface area contributed by atoms with Crippen LogP contribution in [0.2, 0.25) is 0 Å². The third-order valence-corrected chi connectivity index (χ3v) is 1.34. The molecule has 0 aliphatic rings. The van der Waals surface area contributed by atoms with Gasteiger partial charge in [-0.15, -0.1) is 0 Å². The highest BCUT2D eigenvalue weighted by atomic mass is 32.1. The summed E-state index contributed by atoms with van der Waals surface area (Å²) in [4.78, 5) is 0. The van der Waals surface area contributed by atoms with Gasteiger partial charge in [0.05, 0.1) is 0 Å². The summed E-state index contributed by atoms with van der Waals surface area (Å²) >= 11 is 3.97. The van der Waals surface area contributed by atoms with Crippen LogP contribution in [0.25, 0.3) is 0 Å². The zero-order valence-electron chi connectivity index (χ0n) is 6.01. The second kappa shape index (κ2) is 8.09. The Hall–Kier alpha value is 0.0900. The highest BCUT2D eigenvalue weighted by Crippen LogP contribution is 1.98. The lowest BCUT2D eigenvalue weighted by atomic mass is 10.2. The van der Waals surface area contributed by atoms with Crippen molar-refractivity contribution in [2.45, 2.75) is 32.6 Å². The molecule has 1 heteroatoms. The van der Waals surface area contributed by atoms with Crippen molar-refractivity contribution in [1.82, 2.24) is 0 Å². The van der Waals surface area contributed by atoms with E-state index in [9.17, 15) is 0 Å². The molecule has 0 atom stereocenters. The van der Waals surface area contributed by atoms with E-state index in [4.69, 9.17) is 0 Å². The van der Waals surface area contributed by atoms with Crippen molar-refractivity contribution < 1.29 is 0 Å². The van der Waals surface area contributed by atoms with Crippen LogP contribution in [0, 0.1) is 5.75 Å². The van der Waals surface area contributed by atoms with Gasteiger partial charge in [0.1, 0.15) is 0 Å². The van der Waals surface area contributed by atoms with Crippen molar-refractivity contribution in [3.8, 4) is 0 Å². The van der Waals surface area contributed by atoms with Crippen LogP contribution in [-0.2, 0) is 0 Å². The first-order valence-electron chi connectivity index (χ1n) is 3.52. The van der Waals surface area contributed by atoms with E-state index in [-0.39, 0.29) is 0 Å². The number of thiol groups is 1. The SMILES string of the molecule is CCCCC=CC[CH]S. The minimum Gasteiger partial charge on any atom is -0.174 e. The Morgan fingerprint density at radius 3 is 2.67 bits per heavy atom. The van der Waals surface area contributed by atoms with Crippen molar-refractivity contribution >= 4 is 12.6 Å². The summed E-state index contributed by atoms with van der Waals surface area (Å²) < 4.78 is 0. The first kappa shape index (κ1) is 9.09. The van der Waals surface area contributed by atoms with Crippen LogP contribution in [0.5, 0.6) is 0 Å². The fourth-order valence-electron chi connectivity index (χ4n) is 0.597.